The molecule has 0 saturated heterocycles. The summed E-state index contributed by atoms with van der Waals surface area (Å²) in [4.78, 5) is 0. The van der Waals surface area contributed by atoms with E-state index in [1.807, 2.05) is 0 Å². The van der Waals surface area contributed by atoms with Crippen LogP contribution in [0.3, 0.4) is 0 Å². The van der Waals surface area contributed by atoms with E-state index in [4.69, 9.17) is 4.74 Å². The van der Waals surface area contributed by atoms with Crippen molar-refractivity contribution < 1.29 is 4.74 Å². The van der Waals surface area contributed by atoms with E-state index in [2.05, 4.69) is 36.5 Å². The summed E-state index contributed by atoms with van der Waals surface area (Å²) in [5.74, 6) is 0.864. The standard InChI is InChI=1S/C17H27NO/c1-14(15-8-4-3-5-9-15)18-12-16-10-6-7-11-17(16)13-19-2/h6-7,10-11,14-15,18H,3-5,8-9,12-13H2,1-2H3/t14-/m1/s1. The van der Waals surface area contributed by atoms with Gasteiger partial charge in [0.1, 0.15) is 0 Å². The number of hydrogen-bond acceptors (Lipinski definition) is 2. The maximum absolute atomic E-state index is 5.26. The lowest BCUT2D eigenvalue weighted by Gasteiger charge is -2.28. The van der Waals surface area contributed by atoms with Gasteiger partial charge in [0.05, 0.1) is 6.61 Å². The third kappa shape index (κ3) is 4.32. The summed E-state index contributed by atoms with van der Waals surface area (Å²) < 4.78 is 5.26. The molecule has 19 heavy (non-hydrogen) atoms. The van der Waals surface area contributed by atoms with Gasteiger partial charge in [-0.05, 0) is 36.8 Å². The van der Waals surface area contributed by atoms with E-state index in [0.717, 1.165) is 12.5 Å². The third-order valence-corrected chi connectivity index (χ3v) is 4.39. The SMILES string of the molecule is COCc1ccccc1CN[C@H](C)C1CCCCC1. The highest BCUT2D eigenvalue weighted by Gasteiger charge is 2.19. The summed E-state index contributed by atoms with van der Waals surface area (Å²) in [5, 5.41) is 3.71. The Balaban J connectivity index is 1.87. The van der Waals surface area contributed by atoms with Gasteiger partial charge in [-0.2, -0.15) is 0 Å². The van der Waals surface area contributed by atoms with Crippen molar-refractivity contribution in [1.82, 2.24) is 5.32 Å². The molecule has 0 spiro atoms. The Bertz CT molecular complexity index is 371. The smallest absolute Gasteiger partial charge is 0.0716 e. The maximum atomic E-state index is 5.26. The molecule has 1 aliphatic carbocycles. The topological polar surface area (TPSA) is 21.3 Å². The van der Waals surface area contributed by atoms with Gasteiger partial charge in [-0.1, -0.05) is 43.5 Å². The largest absolute Gasteiger partial charge is 0.380 e. The number of methoxy groups -OCH3 is 1. The van der Waals surface area contributed by atoms with Crippen LogP contribution >= 0.6 is 0 Å². The summed E-state index contributed by atoms with van der Waals surface area (Å²) >= 11 is 0. The van der Waals surface area contributed by atoms with Crippen LogP contribution < -0.4 is 5.32 Å². The third-order valence-electron chi connectivity index (χ3n) is 4.39. The van der Waals surface area contributed by atoms with Crippen molar-refractivity contribution in [3.05, 3.63) is 35.4 Å². The molecule has 0 unspecified atom stereocenters. The molecule has 0 aromatic heterocycles. The van der Waals surface area contributed by atoms with Gasteiger partial charge >= 0.3 is 0 Å². The Hall–Kier alpha value is -0.860. The summed E-state index contributed by atoms with van der Waals surface area (Å²) in [6.45, 7) is 4.00. The van der Waals surface area contributed by atoms with Crippen molar-refractivity contribution >= 4 is 0 Å². The molecule has 0 radical (unpaired) electrons. The molecule has 1 saturated carbocycles. The Morgan fingerprint density at radius 1 is 1.16 bits per heavy atom. The van der Waals surface area contributed by atoms with Gasteiger partial charge < -0.3 is 10.1 Å². The van der Waals surface area contributed by atoms with Gasteiger partial charge in [0, 0.05) is 19.7 Å². The van der Waals surface area contributed by atoms with Crippen LogP contribution in [-0.4, -0.2) is 13.2 Å². The van der Waals surface area contributed by atoms with E-state index in [1.54, 1.807) is 7.11 Å². The molecule has 0 heterocycles. The first-order valence-electron chi connectivity index (χ1n) is 7.60. The number of ether oxygens (including phenoxy) is 1. The fourth-order valence-electron chi connectivity index (χ4n) is 3.10. The fraction of sp³-hybridized carbons (Fsp3) is 0.647. The molecule has 1 aromatic carbocycles. The molecule has 1 fully saturated rings. The first-order chi connectivity index (χ1) is 9.31. The van der Waals surface area contributed by atoms with Gasteiger partial charge in [0.2, 0.25) is 0 Å². The molecule has 0 bridgehead atoms. The Kier molecular flexibility index (Phi) is 5.87. The van der Waals surface area contributed by atoms with Crippen molar-refractivity contribution in [2.45, 2.75) is 58.2 Å². The maximum Gasteiger partial charge on any atom is 0.0716 e. The van der Waals surface area contributed by atoms with Crippen LogP contribution in [0.25, 0.3) is 0 Å². The molecular formula is C17H27NO. The van der Waals surface area contributed by atoms with Gasteiger partial charge in [-0.25, -0.2) is 0 Å². The van der Waals surface area contributed by atoms with Crippen molar-refractivity contribution in [1.29, 1.82) is 0 Å². The minimum atomic E-state index is 0.621. The van der Waals surface area contributed by atoms with Crippen LogP contribution in [0.4, 0.5) is 0 Å². The lowest BCUT2D eigenvalue weighted by molar-refractivity contribution is 0.183. The molecule has 2 heteroatoms. The molecule has 1 aliphatic rings. The second-order valence-corrected chi connectivity index (χ2v) is 5.77. The normalized spacial score (nSPS) is 18.4. The van der Waals surface area contributed by atoms with E-state index >= 15 is 0 Å². The van der Waals surface area contributed by atoms with Crippen molar-refractivity contribution in [2.75, 3.05) is 7.11 Å². The summed E-state index contributed by atoms with van der Waals surface area (Å²) in [6.07, 6.45) is 7.05. The fourth-order valence-corrected chi connectivity index (χ4v) is 3.10. The lowest BCUT2D eigenvalue weighted by atomic mass is 9.84. The number of rotatable bonds is 6. The van der Waals surface area contributed by atoms with Crippen LogP contribution in [-0.2, 0) is 17.9 Å². The lowest BCUT2D eigenvalue weighted by Crippen LogP contribution is -2.34. The van der Waals surface area contributed by atoms with Crippen LogP contribution in [0, 0.1) is 5.92 Å². The second kappa shape index (κ2) is 7.66. The predicted molar refractivity (Wildman–Crippen MR) is 80.0 cm³/mol. The zero-order valence-electron chi connectivity index (χ0n) is 12.3. The zero-order chi connectivity index (χ0) is 13.5. The highest BCUT2D eigenvalue weighted by atomic mass is 16.5. The van der Waals surface area contributed by atoms with Crippen molar-refractivity contribution in [3.63, 3.8) is 0 Å². The molecular weight excluding hydrogens is 234 g/mol. The van der Waals surface area contributed by atoms with Crippen LogP contribution in [0.1, 0.15) is 50.2 Å². The van der Waals surface area contributed by atoms with Gasteiger partial charge in [0.15, 0.2) is 0 Å². The average molecular weight is 261 g/mol. The van der Waals surface area contributed by atoms with Gasteiger partial charge in [0.25, 0.3) is 0 Å². The predicted octanol–water partition coefficient (Wildman–Crippen LogP) is 3.89. The molecule has 1 aromatic rings. The molecule has 2 nitrogen and oxygen atoms in total. The highest BCUT2D eigenvalue weighted by Crippen LogP contribution is 2.26. The Morgan fingerprint density at radius 2 is 1.84 bits per heavy atom. The molecule has 1 N–H and O–H groups in total. The van der Waals surface area contributed by atoms with Crippen LogP contribution in [0.15, 0.2) is 24.3 Å². The number of nitrogens with one attached hydrogen (secondary N) is 1. The van der Waals surface area contributed by atoms with E-state index in [0.29, 0.717) is 12.6 Å². The minimum absolute atomic E-state index is 0.621. The summed E-state index contributed by atoms with van der Waals surface area (Å²) in [6, 6.07) is 9.18. The zero-order valence-corrected chi connectivity index (χ0v) is 12.3. The molecule has 2 rings (SSSR count). The molecule has 0 amide bonds. The molecule has 106 valence electrons. The summed E-state index contributed by atoms with van der Waals surface area (Å²) in [7, 11) is 1.76. The van der Waals surface area contributed by atoms with E-state index in [-0.39, 0.29) is 0 Å². The van der Waals surface area contributed by atoms with Gasteiger partial charge in [-0.15, -0.1) is 0 Å². The summed E-state index contributed by atoms with van der Waals surface area (Å²) in [5.41, 5.74) is 2.67. The second-order valence-electron chi connectivity index (χ2n) is 5.77. The number of benzene rings is 1. The minimum Gasteiger partial charge on any atom is -0.380 e. The molecule has 1 atom stereocenters. The first-order valence-corrected chi connectivity index (χ1v) is 7.60. The average Bonchev–Trinajstić information content (AvgIpc) is 2.47. The Labute approximate surface area is 117 Å². The quantitative estimate of drug-likeness (QED) is 0.838. The molecule has 0 aliphatic heterocycles. The van der Waals surface area contributed by atoms with E-state index < -0.39 is 0 Å². The van der Waals surface area contributed by atoms with Crippen molar-refractivity contribution in [2.24, 2.45) is 5.92 Å². The van der Waals surface area contributed by atoms with Crippen molar-refractivity contribution in [3.8, 4) is 0 Å². The number of hydrogen-bond donors (Lipinski definition) is 1. The van der Waals surface area contributed by atoms with Crippen LogP contribution in [0.2, 0.25) is 0 Å². The Morgan fingerprint density at radius 3 is 2.53 bits per heavy atom. The first kappa shape index (κ1) is 14.5. The monoisotopic (exact) mass is 261 g/mol. The van der Waals surface area contributed by atoms with Crippen LogP contribution in [0.5, 0.6) is 0 Å². The highest BCUT2D eigenvalue weighted by molar-refractivity contribution is 5.26. The van der Waals surface area contributed by atoms with E-state index in [1.165, 1.54) is 43.2 Å². The van der Waals surface area contributed by atoms with E-state index in [9.17, 15) is 0 Å². The van der Waals surface area contributed by atoms with Gasteiger partial charge in [-0.3, -0.25) is 0 Å².